The maximum absolute atomic E-state index is 14.1. The number of hydrogen-bond donors (Lipinski definition) is 0. The zero-order valence-electron chi connectivity index (χ0n) is 11.3. The van der Waals surface area contributed by atoms with E-state index >= 15 is 0 Å². The predicted octanol–water partition coefficient (Wildman–Crippen LogP) is 2.35. The molecule has 2 aromatic rings. The second kappa shape index (κ2) is 5.26. The van der Waals surface area contributed by atoms with Crippen LogP contribution in [0.3, 0.4) is 0 Å². The minimum absolute atomic E-state index is 0.0145. The SMILES string of the molecule is Cn1cc(OC2CN(c3c(C#N)ccc(Cl)c3F)C2)cn1. The molecule has 0 N–H and O–H groups in total. The molecule has 0 bridgehead atoms. The van der Waals surface area contributed by atoms with Crippen LogP contribution >= 0.6 is 11.6 Å². The number of hydrogen-bond acceptors (Lipinski definition) is 4. The summed E-state index contributed by atoms with van der Waals surface area (Å²) in [6.45, 7) is 1.00. The fourth-order valence-electron chi connectivity index (χ4n) is 2.29. The summed E-state index contributed by atoms with van der Waals surface area (Å²) in [5.41, 5.74) is 0.521. The smallest absolute Gasteiger partial charge is 0.166 e. The summed E-state index contributed by atoms with van der Waals surface area (Å²) in [5, 5.41) is 13.1. The van der Waals surface area contributed by atoms with E-state index < -0.39 is 5.82 Å². The summed E-state index contributed by atoms with van der Waals surface area (Å²) in [7, 11) is 1.81. The zero-order chi connectivity index (χ0) is 15.0. The Hall–Kier alpha value is -2.26. The van der Waals surface area contributed by atoms with E-state index in [4.69, 9.17) is 21.6 Å². The van der Waals surface area contributed by atoms with Gasteiger partial charge in [0.1, 0.15) is 12.2 Å². The number of aromatic nitrogens is 2. The van der Waals surface area contributed by atoms with Crippen LogP contribution in [0.5, 0.6) is 5.75 Å². The van der Waals surface area contributed by atoms with Crippen molar-refractivity contribution in [2.45, 2.75) is 6.10 Å². The third-order valence-corrected chi connectivity index (χ3v) is 3.63. The fourth-order valence-corrected chi connectivity index (χ4v) is 2.44. The van der Waals surface area contributed by atoms with Gasteiger partial charge in [0, 0.05) is 7.05 Å². The number of nitrogens with zero attached hydrogens (tertiary/aromatic N) is 4. The number of anilines is 1. The van der Waals surface area contributed by atoms with Crippen molar-refractivity contribution < 1.29 is 9.13 Å². The maximum Gasteiger partial charge on any atom is 0.166 e. The first-order valence-corrected chi connectivity index (χ1v) is 6.74. The minimum Gasteiger partial charge on any atom is -0.483 e. The van der Waals surface area contributed by atoms with Crippen LogP contribution in [0.15, 0.2) is 24.5 Å². The van der Waals surface area contributed by atoms with Gasteiger partial charge in [0.25, 0.3) is 0 Å². The van der Waals surface area contributed by atoms with Crippen LogP contribution in [0.1, 0.15) is 5.56 Å². The summed E-state index contributed by atoms with van der Waals surface area (Å²) in [6.07, 6.45) is 3.34. The van der Waals surface area contributed by atoms with Crippen molar-refractivity contribution in [2.24, 2.45) is 7.05 Å². The molecule has 5 nitrogen and oxygen atoms in total. The van der Waals surface area contributed by atoms with Crippen LogP contribution in [-0.2, 0) is 7.05 Å². The Morgan fingerprint density at radius 3 is 2.86 bits per heavy atom. The topological polar surface area (TPSA) is 54.1 Å². The molecular weight excluding hydrogens is 295 g/mol. The summed E-state index contributed by atoms with van der Waals surface area (Å²) < 4.78 is 21.5. The number of halogens is 2. The molecule has 0 aliphatic carbocycles. The van der Waals surface area contributed by atoms with Crippen molar-refractivity contribution in [1.82, 2.24) is 9.78 Å². The van der Waals surface area contributed by atoms with Crippen LogP contribution in [0, 0.1) is 17.1 Å². The fraction of sp³-hybridized carbons (Fsp3) is 0.286. The number of ether oxygens (including phenoxy) is 1. The molecule has 108 valence electrons. The second-order valence-corrected chi connectivity index (χ2v) is 5.27. The predicted molar refractivity (Wildman–Crippen MR) is 76.0 cm³/mol. The first-order chi connectivity index (χ1) is 10.1. The maximum atomic E-state index is 14.1. The molecule has 0 saturated carbocycles. The molecule has 1 aromatic carbocycles. The van der Waals surface area contributed by atoms with Gasteiger partial charge in [0.15, 0.2) is 11.6 Å². The van der Waals surface area contributed by atoms with Gasteiger partial charge in [0.2, 0.25) is 0 Å². The average molecular weight is 307 g/mol. The number of benzene rings is 1. The summed E-state index contributed by atoms with van der Waals surface area (Å²) in [4.78, 5) is 1.75. The molecular formula is C14H12ClFN4O. The highest BCUT2D eigenvalue weighted by Gasteiger charge is 2.33. The van der Waals surface area contributed by atoms with E-state index in [1.54, 1.807) is 29.0 Å². The standard InChI is InChI=1S/C14H12ClFN4O/c1-19-6-10(5-18-19)21-11-7-20(8-11)14-9(4-17)2-3-12(15)13(14)16/h2-3,5-6,11H,7-8H2,1H3. The summed E-state index contributed by atoms with van der Waals surface area (Å²) in [5.74, 6) is 0.116. The van der Waals surface area contributed by atoms with Gasteiger partial charge in [-0.25, -0.2) is 4.39 Å². The van der Waals surface area contributed by atoms with Crippen molar-refractivity contribution in [1.29, 1.82) is 5.26 Å². The molecule has 0 atom stereocenters. The molecule has 0 radical (unpaired) electrons. The molecule has 7 heteroatoms. The third-order valence-electron chi connectivity index (χ3n) is 3.34. The van der Waals surface area contributed by atoms with Gasteiger partial charge in [-0.05, 0) is 12.1 Å². The number of nitriles is 1. The Bertz CT molecular complexity index is 718. The highest BCUT2D eigenvalue weighted by atomic mass is 35.5. The Balaban J connectivity index is 1.72. The van der Waals surface area contributed by atoms with Crippen LogP contribution in [0.2, 0.25) is 5.02 Å². The van der Waals surface area contributed by atoms with Crippen molar-refractivity contribution >= 4 is 17.3 Å². The first kappa shape index (κ1) is 13.7. The van der Waals surface area contributed by atoms with Gasteiger partial charge < -0.3 is 9.64 Å². The molecule has 1 fully saturated rings. The molecule has 2 heterocycles. The van der Waals surface area contributed by atoms with Crippen molar-refractivity contribution in [3.05, 3.63) is 40.9 Å². The Labute approximate surface area is 126 Å². The largest absolute Gasteiger partial charge is 0.483 e. The molecule has 0 amide bonds. The second-order valence-electron chi connectivity index (χ2n) is 4.86. The number of aryl methyl sites for hydroxylation is 1. The lowest BCUT2D eigenvalue weighted by Gasteiger charge is -2.40. The molecule has 21 heavy (non-hydrogen) atoms. The zero-order valence-corrected chi connectivity index (χ0v) is 12.0. The molecule has 1 aliphatic heterocycles. The quantitative estimate of drug-likeness (QED) is 0.873. The summed E-state index contributed by atoms with van der Waals surface area (Å²) in [6, 6.07) is 4.90. The van der Waals surface area contributed by atoms with E-state index in [0.29, 0.717) is 18.8 Å². The molecule has 3 rings (SSSR count). The van der Waals surface area contributed by atoms with Crippen molar-refractivity contribution in [3.8, 4) is 11.8 Å². The Morgan fingerprint density at radius 2 is 2.24 bits per heavy atom. The average Bonchev–Trinajstić information content (AvgIpc) is 2.83. The third kappa shape index (κ3) is 2.52. The molecule has 1 saturated heterocycles. The lowest BCUT2D eigenvalue weighted by molar-refractivity contribution is 0.166. The normalized spacial score (nSPS) is 14.7. The Kier molecular flexibility index (Phi) is 3.43. The number of rotatable bonds is 3. The van der Waals surface area contributed by atoms with Crippen LogP contribution < -0.4 is 9.64 Å². The van der Waals surface area contributed by atoms with E-state index in [9.17, 15) is 4.39 Å². The summed E-state index contributed by atoms with van der Waals surface area (Å²) >= 11 is 5.78. The monoisotopic (exact) mass is 306 g/mol. The lowest BCUT2D eigenvalue weighted by atomic mass is 10.1. The van der Waals surface area contributed by atoms with Gasteiger partial charge in [-0.2, -0.15) is 10.4 Å². The van der Waals surface area contributed by atoms with E-state index in [1.807, 2.05) is 6.07 Å². The van der Waals surface area contributed by atoms with Gasteiger partial charge >= 0.3 is 0 Å². The van der Waals surface area contributed by atoms with Gasteiger partial charge in [-0.15, -0.1) is 0 Å². The lowest BCUT2D eigenvalue weighted by Crippen LogP contribution is -2.54. The van der Waals surface area contributed by atoms with E-state index in [-0.39, 0.29) is 22.4 Å². The minimum atomic E-state index is -0.560. The van der Waals surface area contributed by atoms with Gasteiger partial charge in [-0.1, -0.05) is 11.6 Å². The molecule has 1 aromatic heterocycles. The van der Waals surface area contributed by atoms with E-state index in [2.05, 4.69) is 5.10 Å². The van der Waals surface area contributed by atoms with Gasteiger partial charge in [0.05, 0.1) is 41.8 Å². The van der Waals surface area contributed by atoms with E-state index in [0.717, 1.165) is 0 Å². The highest BCUT2D eigenvalue weighted by Crippen LogP contribution is 2.33. The highest BCUT2D eigenvalue weighted by molar-refractivity contribution is 6.31. The molecule has 1 aliphatic rings. The first-order valence-electron chi connectivity index (χ1n) is 6.37. The van der Waals surface area contributed by atoms with E-state index in [1.165, 1.54) is 12.1 Å². The Morgan fingerprint density at radius 1 is 1.48 bits per heavy atom. The molecule has 0 spiro atoms. The van der Waals surface area contributed by atoms with Gasteiger partial charge in [-0.3, -0.25) is 4.68 Å². The van der Waals surface area contributed by atoms with Crippen LogP contribution in [0.25, 0.3) is 0 Å². The van der Waals surface area contributed by atoms with Crippen molar-refractivity contribution in [3.63, 3.8) is 0 Å². The van der Waals surface area contributed by atoms with Crippen molar-refractivity contribution in [2.75, 3.05) is 18.0 Å². The van der Waals surface area contributed by atoms with Crippen LogP contribution in [-0.4, -0.2) is 29.0 Å². The van der Waals surface area contributed by atoms with Crippen LogP contribution in [0.4, 0.5) is 10.1 Å². The molecule has 0 unspecified atom stereocenters.